The second-order valence-corrected chi connectivity index (χ2v) is 6.96. The van der Waals surface area contributed by atoms with Crippen LogP contribution in [0.25, 0.3) is 0 Å². The van der Waals surface area contributed by atoms with Crippen molar-refractivity contribution in [2.45, 2.75) is 32.9 Å². The van der Waals surface area contributed by atoms with Gasteiger partial charge in [-0.05, 0) is 30.5 Å². The molecule has 31 heavy (non-hydrogen) atoms. The van der Waals surface area contributed by atoms with Crippen molar-refractivity contribution in [3.63, 3.8) is 0 Å². The summed E-state index contributed by atoms with van der Waals surface area (Å²) in [7, 11) is 0. The van der Waals surface area contributed by atoms with E-state index < -0.39 is 23.0 Å². The van der Waals surface area contributed by atoms with Gasteiger partial charge in [0.15, 0.2) is 5.75 Å². The number of nitro groups is 1. The molecule has 9 heteroatoms. The van der Waals surface area contributed by atoms with E-state index in [0.717, 1.165) is 5.56 Å². The lowest BCUT2D eigenvalue weighted by Gasteiger charge is -2.28. The van der Waals surface area contributed by atoms with Crippen LogP contribution < -0.4 is 15.4 Å². The quantitative estimate of drug-likeness (QED) is 0.378. The number of allylic oxidation sites excluding steroid dienone is 1. The molecule has 2 aromatic carbocycles. The van der Waals surface area contributed by atoms with Crippen LogP contribution in [0.4, 0.5) is 10.5 Å². The first-order valence-electron chi connectivity index (χ1n) is 9.81. The van der Waals surface area contributed by atoms with Gasteiger partial charge in [0.25, 0.3) is 0 Å². The van der Waals surface area contributed by atoms with E-state index in [9.17, 15) is 19.7 Å². The van der Waals surface area contributed by atoms with Crippen LogP contribution in [-0.2, 0) is 16.1 Å². The van der Waals surface area contributed by atoms with Gasteiger partial charge in [-0.1, -0.05) is 43.3 Å². The lowest BCUT2D eigenvalue weighted by molar-refractivity contribution is -0.385. The number of hydrogen-bond acceptors (Lipinski definition) is 6. The molecule has 0 aromatic heterocycles. The summed E-state index contributed by atoms with van der Waals surface area (Å²) < 4.78 is 10.9. The fraction of sp³-hybridized carbons (Fsp3) is 0.273. The number of nitro benzene ring substituents is 1. The number of rotatable bonds is 8. The van der Waals surface area contributed by atoms with E-state index in [0.29, 0.717) is 24.3 Å². The Morgan fingerprint density at radius 1 is 1.19 bits per heavy atom. The van der Waals surface area contributed by atoms with Gasteiger partial charge in [0, 0.05) is 11.8 Å². The molecule has 162 valence electrons. The number of benzene rings is 2. The third kappa shape index (κ3) is 5.19. The molecule has 0 fully saturated rings. The Bertz CT molecular complexity index is 1020. The number of nitrogens with zero attached hydrogens (tertiary/aromatic N) is 1. The number of hydrogen-bond donors (Lipinski definition) is 2. The molecule has 1 aliphatic rings. The van der Waals surface area contributed by atoms with Crippen LogP contribution in [0.5, 0.6) is 5.75 Å². The van der Waals surface area contributed by atoms with E-state index in [-0.39, 0.29) is 23.6 Å². The zero-order chi connectivity index (χ0) is 22.4. The predicted molar refractivity (Wildman–Crippen MR) is 112 cm³/mol. The highest BCUT2D eigenvalue weighted by Crippen LogP contribution is 2.34. The minimum atomic E-state index is -0.907. The maximum atomic E-state index is 12.9. The van der Waals surface area contributed by atoms with Crippen LogP contribution in [-0.4, -0.2) is 23.5 Å². The van der Waals surface area contributed by atoms with E-state index in [1.165, 1.54) is 12.1 Å². The normalized spacial score (nSPS) is 15.7. The Morgan fingerprint density at radius 3 is 2.61 bits per heavy atom. The summed E-state index contributed by atoms with van der Waals surface area (Å²) in [5.41, 5.74) is 1.43. The molecule has 1 atom stereocenters. The molecule has 1 heterocycles. The summed E-state index contributed by atoms with van der Waals surface area (Å²) >= 11 is 0. The largest absolute Gasteiger partial charge is 0.487 e. The van der Waals surface area contributed by atoms with Gasteiger partial charge >= 0.3 is 17.7 Å². The number of esters is 1. The van der Waals surface area contributed by atoms with Gasteiger partial charge in [-0.3, -0.25) is 10.1 Å². The Labute approximate surface area is 179 Å². The molecule has 0 saturated heterocycles. The third-order valence-corrected chi connectivity index (χ3v) is 4.68. The highest BCUT2D eigenvalue weighted by molar-refractivity contribution is 5.95. The van der Waals surface area contributed by atoms with Gasteiger partial charge in [-0.2, -0.15) is 0 Å². The molecule has 2 N–H and O–H groups in total. The topological polar surface area (TPSA) is 120 Å². The maximum Gasteiger partial charge on any atom is 0.338 e. The van der Waals surface area contributed by atoms with Crippen molar-refractivity contribution < 1.29 is 24.0 Å². The monoisotopic (exact) mass is 425 g/mol. The number of amides is 2. The van der Waals surface area contributed by atoms with E-state index >= 15 is 0 Å². The van der Waals surface area contributed by atoms with E-state index in [1.54, 1.807) is 13.0 Å². The van der Waals surface area contributed by atoms with E-state index in [4.69, 9.17) is 9.47 Å². The number of carbonyl (C=O) groups is 2. The van der Waals surface area contributed by atoms with E-state index in [1.807, 2.05) is 37.3 Å². The Balaban J connectivity index is 1.91. The first kappa shape index (κ1) is 21.8. The van der Waals surface area contributed by atoms with Gasteiger partial charge in [-0.15, -0.1) is 0 Å². The van der Waals surface area contributed by atoms with Gasteiger partial charge in [-0.25, -0.2) is 9.59 Å². The molecule has 1 aliphatic heterocycles. The third-order valence-electron chi connectivity index (χ3n) is 4.68. The van der Waals surface area contributed by atoms with Gasteiger partial charge in [0.1, 0.15) is 6.61 Å². The minimum absolute atomic E-state index is 0.0566. The van der Waals surface area contributed by atoms with Crippen molar-refractivity contribution in [2.24, 2.45) is 0 Å². The van der Waals surface area contributed by atoms with Crippen LogP contribution in [0.15, 0.2) is 59.8 Å². The molecule has 1 unspecified atom stereocenters. The Morgan fingerprint density at radius 2 is 1.94 bits per heavy atom. The smallest absolute Gasteiger partial charge is 0.338 e. The van der Waals surface area contributed by atoms with Crippen LogP contribution >= 0.6 is 0 Å². The zero-order valence-electron chi connectivity index (χ0n) is 17.2. The van der Waals surface area contributed by atoms with Crippen molar-refractivity contribution in [1.29, 1.82) is 0 Å². The van der Waals surface area contributed by atoms with Gasteiger partial charge in [0.2, 0.25) is 0 Å². The lowest BCUT2D eigenvalue weighted by Crippen LogP contribution is -2.45. The summed E-state index contributed by atoms with van der Waals surface area (Å²) in [6.45, 7) is 3.87. The Hall–Kier alpha value is -3.88. The SMILES string of the molecule is CCCOc1ccc(C2NC(=O)NC(C)=C2C(=O)OCc2ccccc2)cc1[N+](=O)[O-]. The summed E-state index contributed by atoms with van der Waals surface area (Å²) in [6, 6.07) is 12.1. The molecule has 3 rings (SSSR count). The molecule has 0 spiro atoms. The number of nitrogens with one attached hydrogen (secondary N) is 2. The van der Waals surface area contributed by atoms with Gasteiger partial charge in [0.05, 0.1) is 23.1 Å². The standard InChI is InChI=1S/C22H23N3O6/c1-3-11-30-18-10-9-16(12-17(18)25(28)29)20-19(14(2)23-22(27)24-20)21(26)31-13-15-7-5-4-6-8-15/h4-10,12,20H,3,11,13H2,1-2H3,(H2,23,24,27). The van der Waals surface area contributed by atoms with Crippen molar-refractivity contribution in [3.8, 4) is 5.75 Å². The molecule has 0 saturated carbocycles. The van der Waals surface area contributed by atoms with Crippen LogP contribution in [0.3, 0.4) is 0 Å². The van der Waals surface area contributed by atoms with Crippen molar-refractivity contribution in [2.75, 3.05) is 6.61 Å². The molecular weight excluding hydrogens is 402 g/mol. The van der Waals surface area contributed by atoms with Gasteiger partial charge < -0.3 is 20.1 Å². The molecule has 0 radical (unpaired) electrons. The number of urea groups is 1. The average molecular weight is 425 g/mol. The lowest BCUT2D eigenvalue weighted by atomic mass is 9.95. The minimum Gasteiger partial charge on any atom is -0.487 e. The predicted octanol–water partition coefficient (Wildman–Crippen LogP) is 3.75. The molecule has 0 bridgehead atoms. The van der Waals surface area contributed by atoms with Crippen molar-refractivity contribution >= 4 is 17.7 Å². The van der Waals surface area contributed by atoms with E-state index in [2.05, 4.69) is 10.6 Å². The molecule has 0 aliphatic carbocycles. The second-order valence-electron chi connectivity index (χ2n) is 6.96. The highest BCUT2D eigenvalue weighted by Gasteiger charge is 2.33. The fourth-order valence-corrected chi connectivity index (χ4v) is 3.21. The first-order chi connectivity index (χ1) is 14.9. The average Bonchev–Trinajstić information content (AvgIpc) is 2.76. The first-order valence-corrected chi connectivity index (χ1v) is 9.81. The number of ether oxygens (including phenoxy) is 2. The summed E-state index contributed by atoms with van der Waals surface area (Å²) in [5, 5.41) is 16.7. The van der Waals surface area contributed by atoms with Crippen molar-refractivity contribution in [3.05, 3.63) is 81.0 Å². The fourth-order valence-electron chi connectivity index (χ4n) is 3.21. The highest BCUT2D eigenvalue weighted by atomic mass is 16.6. The second kappa shape index (κ2) is 9.75. The molecule has 2 aromatic rings. The van der Waals surface area contributed by atoms with Crippen molar-refractivity contribution in [1.82, 2.24) is 10.6 Å². The van der Waals surface area contributed by atoms with Crippen LogP contribution in [0.2, 0.25) is 0 Å². The molecule has 2 amide bonds. The summed E-state index contributed by atoms with van der Waals surface area (Å²) in [5.74, 6) is -0.502. The van der Waals surface area contributed by atoms with Crippen LogP contribution in [0.1, 0.15) is 37.4 Å². The Kier molecular flexibility index (Phi) is 6.86. The summed E-state index contributed by atoms with van der Waals surface area (Å²) in [6.07, 6.45) is 0.697. The summed E-state index contributed by atoms with van der Waals surface area (Å²) in [4.78, 5) is 35.9. The van der Waals surface area contributed by atoms with Crippen LogP contribution in [0, 0.1) is 10.1 Å². The zero-order valence-corrected chi connectivity index (χ0v) is 17.2. The molecular formula is C22H23N3O6. The maximum absolute atomic E-state index is 12.9. The number of carbonyl (C=O) groups excluding carboxylic acids is 2. The molecule has 9 nitrogen and oxygen atoms in total.